The molecule has 218 valence electrons. The number of fused-ring (bicyclic) bond motifs is 1. The lowest BCUT2D eigenvalue weighted by Crippen LogP contribution is -2.57. The number of amides is 2. The van der Waals surface area contributed by atoms with Crippen LogP contribution < -0.4 is 9.64 Å². The molecule has 40 heavy (non-hydrogen) atoms. The second-order valence-corrected chi connectivity index (χ2v) is 13.5. The number of anilines is 1. The molecule has 3 saturated heterocycles. The van der Waals surface area contributed by atoms with Gasteiger partial charge in [-0.2, -0.15) is 0 Å². The Bertz CT molecular complexity index is 1140. The number of benzene rings is 1. The molecule has 0 radical (unpaired) electrons. The van der Waals surface area contributed by atoms with Crippen molar-refractivity contribution in [1.29, 1.82) is 0 Å². The fraction of sp³-hybridized carbons (Fsp3) is 0.581. The highest BCUT2D eigenvalue weighted by atomic mass is 32.2. The molecule has 4 rings (SSSR count). The highest BCUT2D eigenvalue weighted by Gasteiger charge is 2.78. The van der Waals surface area contributed by atoms with Crippen molar-refractivity contribution in [2.24, 2.45) is 17.8 Å². The van der Waals surface area contributed by atoms with E-state index in [1.54, 1.807) is 53.0 Å². The molecule has 2 bridgehead atoms. The third-order valence-corrected chi connectivity index (χ3v) is 10.6. The Morgan fingerprint density at radius 3 is 2.50 bits per heavy atom. The number of hydrogen-bond acceptors (Lipinski definition) is 7. The highest BCUT2D eigenvalue weighted by Crippen LogP contribution is 2.72. The number of hydrogen-bond donors (Lipinski definition) is 1. The second-order valence-electron chi connectivity index (χ2n) is 11.6. The Morgan fingerprint density at radius 1 is 1.23 bits per heavy atom. The molecule has 1 spiro atoms. The van der Waals surface area contributed by atoms with Crippen LogP contribution in [0.25, 0.3) is 0 Å². The van der Waals surface area contributed by atoms with Gasteiger partial charge in [0.05, 0.1) is 42.9 Å². The monoisotopic (exact) mass is 570 g/mol. The van der Waals surface area contributed by atoms with Gasteiger partial charge in [0.2, 0.25) is 5.91 Å². The first-order chi connectivity index (χ1) is 19.1. The Labute approximate surface area is 241 Å². The second kappa shape index (κ2) is 12.0. The predicted octanol–water partition coefficient (Wildman–Crippen LogP) is 4.22. The SMILES string of the molecule is C=CCCOC(=O)[C@@H]1[C@H]2C(=O)N([C@@H](CO)CC(C)C)C(C(=O)N(CC=C)c3ccc(OC)cc3)C23CC[C@@]1(C)S3. The number of methoxy groups -OCH3 is 1. The number of aliphatic hydroxyl groups excluding tert-OH is 1. The van der Waals surface area contributed by atoms with Crippen molar-refractivity contribution in [1.82, 2.24) is 4.90 Å². The van der Waals surface area contributed by atoms with Gasteiger partial charge in [0.25, 0.3) is 5.91 Å². The van der Waals surface area contributed by atoms with Crippen LogP contribution in [0.4, 0.5) is 5.69 Å². The lowest BCUT2D eigenvalue weighted by Gasteiger charge is -2.40. The third-order valence-electron chi connectivity index (χ3n) is 8.58. The maximum atomic E-state index is 14.7. The van der Waals surface area contributed by atoms with Gasteiger partial charge >= 0.3 is 5.97 Å². The van der Waals surface area contributed by atoms with Gasteiger partial charge in [-0.05, 0) is 62.8 Å². The molecule has 0 aromatic heterocycles. The minimum Gasteiger partial charge on any atom is -0.497 e. The number of nitrogens with zero attached hydrogens (tertiary/aromatic N) is 2. The van der Waals surface area contributed by atoms with Gasteiger partial charge in [-0.25, -0.2) is 0 Å². The van der Waals surface area contributed by atoms with E-state index in [9.17, 15) is 19.5 Å². The fourth-order valence-electron chi connectivity index (χ4n) is 6.91. The maximum absolute atomic E-state index is 14.7. The number of aliphatic hydroxyl groups is 1. The average molecular weight is 571 g/mol. The first kappa shape index (κ1) is 30.2. The molecule has 9 heteroatoms. The zero-order valence-electron chi connectivity index (χ0n) is 24.0. The van der Waals surface area contributed by atoms with Crippen molar-refractivity contribution in [3.05, 3.63) is 49.6 Å². The smallest absolute Gasteiger partial charge is 0.311 e. The van der Waals surface area contributed by atoms with Crippen LogP contribution in [0.2, 0.25) is 0 Å². The van der Waals surface area contributed by atoms with E-state index < -0.39 is 39.4 Å². The maximum Gasteiger partial charge on any atom is 0.311 e. The van der Waals surface area contributed by atoms with Crippen LogP contribution in [0.1, 0.15) is 46.5 Å². The molecule has 3 fully saturated rings. The Hall–Kier alpha value is -2.78. The summed E-state index contributed by atoms with van der Waals surface area (Å²) < 4.78 is 9.61. The Morgan fingerprint density at radius 2 is 1.93 bits per heavy atom. The van der Waals surface area contributed by atoms with E-state index in [1.165, 1.54) is 0 Å². The molecule has 6 atom stereocenters. The molecule has 2 unspecified atom stereocenters. The minimum atomic E-state index is -0.847. The number of thioether (sulfide) groups is 1. The van der Waals surface area contributed by atoms with Gasteiger partial charge in [0, 0.05) is 17.0 Å². The van der Waals surface area contributed by atoms with E-state index in [2.05, 4.69) is 13.2 Å². The summed E-state index contributed by atoms with van der Waals surface area (Å²) in [6, 6.07) is 5.81. The molecule has 3 heterocycles. The van der Waals surface area contributed by atoms with Crippen molar-refractivity contribution >= 4 is 35.2 Å². The zero-order valence-corrected chi connectivity index (χ0v) is 24.8. The number of ether oxygens (including phenoxy) is 2. The molecule has 0 saturated carbocycles. The van der Waals surface area contributed by atoms with E-state index in [4.69, 9.17) is 9.47 Å². The van der Waals surface area contributed by atoms with Crippen molar-refractivity contribution < 1.29 is 29.0 Å². The van der Waals surface area contributed by atoms with E-state index in [1.807, 2.05) is 32.9 Å². The topological polar surface area (TPSA) is 96.4 Å². The number of rotatable bonds is 13. The molecule has 3 aliphatic heterocycles. The van der Waals surface area contributed by atoms with E-state index in [0.29, 0.717) is 37.1 Å². The molecule has 3 aliphatic rings. The van der Waals surface area contributed by atoms with E-state index in [-0.39, 0.29) is 37.5 Å². The third kappa shape index (κ3) is 5.07. The normalized spacial score (nSPS) is 29.3. The highest BCUT2D eigenvalue weighted by molar-refractivity contribution is 8.02. The quantitative estimate of drug-likeness (QED) is 0.216. The summed E-state index contributed by atoms with van der Waals surface area (Å²) in [6.07, 6.45) is 5.73. The summed E-state index contributed by atoms with van der Waals surface area (Å²) >= 11 is 1.60. The predicted molar refractivity (Wildman–Crippen MR) is 157 cm³/mol. The molecule has 2 amide bonds. The van der Waals surface area contributed by atoms with Crippen LogP contribution >= 0.6 is 11.8 Å². The van der Waals surface area contributed by atoms with Gasteiger partial charge in [0.1, 0.15) is 11.8 Å². The molecular formula is C31H42N2O6S. The van der Waals surface area contributed by atoms with Crippen LogP contribution in [0, 0.1) is 17.8 Å². The number of likely N-dealkylation sites (tertiary alicyclic amines) is 1. The lowest BCUT2D eigenvalue weighted by atomic mass is 9.66. The van der Waals surface area contributed by atoms with Crippen molar-refractivity contribution in [2.75, 3.05) is 31.8 Å². The first-order valence-corrected chi connectivity index (χ1v) is 14.9. The molecule has 1 aromatic carbocycles. The molecular weight excluding hydrogens is 528 g/mol. The molecule has 1 aromatic rings. The standard InChI is InChI=1S/C31H42N2O6S/c1-7-9-17-39-29(37)25-24-27(35)33(22(19-34)18-20(3)4)26(31(24)15-14-30(25,5)40-31)28(36)32(16-8-2)21-10-12-23(38-6)13-11-21/h7-8,10-13,20,22,24-26,34H,1-2,9,14-19H2,3-6H3/t22-,24+,25+,26?,30-,31?/m1/s1. The summed E-state index contributed by atoms with van der Waals surface area (Å²) in [6.45, 7) is 13.8. The van der Waals surface area contributed by atoms with Crippen LogP contribution in [0.15, 0.2) is 49.6 Å². The van der Waals surface area contributed by atoms with Gasteiger partial charge in [-0.3, -0.25) is 14.4 Å². The van der Waals surface area contributed by atoms with Crippen LogP contribution in [-0.2, 0) is 19.1 Å². The number of carbonyl (C=O) groups is 3. The Kier molecular flexibility index (Phi) is 9.05. The zero-order chi connectivity index (χ0) is 29.2. The van der Waals surface area contributed by atoms with Crippen molar-refractivity contribution in [3.8, 4) is 5.75 Å². The Balaban J connectivity index is 1.81. The van der Waals surface area contributed by atoms with Crippen LogP contribution in [0.5, 0.6) is 5.75 Å². The fourth-order valence-corrected chi connectivity index (χ4v) is 9.23. The summed E-state index contributed by atoms with van der Waals surface area (Å²) in [7, 11) is 1.58. The molecule has 0 aliphatic carbocycles. The minimum absolute atomic E-state index is 0.186. The number of esters is 1. The average Bonchev–Trinajstić information content (AvgIpc) is 3.50. The van der Waals surface area contributed by atoms with Gasteiger partial charge in [0.15, 0.2) is 0 Å². The molecule has 8 nitrogen and oxygen atoms in total. The van der Waals surface area contributed by atoms with Crippen LogP contribution in [0.3, 0.4) is 0 Å². The summed E-state index contributed by atoms with van der Waals surface area (Å²) in [4.78, 5) is 45.9. The van der Waals surface area contributed by atoms with Gasteiger partial charge in [-0.1, -0.05) is 26.0 Å². The van der Waals surface area contributed by atoms with E-state index in [0.717, 1.165) is 0 Å². The van der Waals surface area contributed by atoms with Crippen molar-refractivity contribution in [3.63, 3.8) is 0 Å². The lowest BCUT2D eigenvalue weighted by molar-refractivity contribution is -0.156. The first-order valence-electron chi connectivity index (χ1n) is 14.1. The summed E-state index contributed by atoms with van der Waals surface area (Å²) in [5.41, 5.74) is 0.659. The summed E-state index contributed by atoms with van der Waals surface area (Å²) in [5.74, 6) is -1.40. The van der Waals surface area contributed by atoms with Gasteiger partial charge in [-0.15, -0.1) is 24.9 Å². The van der Waals surface area contributed by atoms with E-state index >= 15 is 0 Å². The number of carbonyl (C=O) groups excluding carboxylic acids is 3. The molecule has 1 N–H and O–H groups in total. The van der Waals surface area contributed by atoms with Crippen LogP contribution in [-0.4, -0.2) is 76.2 Å². The van der Waals surface area contributed by atoms with Gasteiger partial charge < -0.3 is 24.4 Å². The van der Waals surface area contributed by atoms with Crippen molar-refractivity contribution in [2.45, 2.75) is 68.0 Å². The summed E-state index contributed by atoms with van der Waals surface area (Å²) in [5, 5.41) is 10.5. The largest absolute Gasteiger partial charge is 0.497 e.